The predicted molar refractivity (Wildman–Crippen MR) is 136 cm³/mol. The van der Waals surface area contributed by atoms with E-state index in [2.05, 4.69) is 15.2 Å². The first-order valence-corrected chi connectivity index (χ1v) is 13.0. The number of benzene rings is 1. The molecule has 2 amide bonds. The zero-order chi connectivity index (χ0) is 23.8. The molecule has 182 valence electrons. The second-order valence-corrected chi connectivity index (χ2v) is 9.89. The zero-order valence-electron chi connectivity index (χ0n) is 19.8. The normalized spacial score (nSPS) is 17.0. The molecule has 0 spiro atoms. The van der Waals surface area contributed by atoms with Crippen LogP contribution in [0.3, 0.4) is 0 Å². The van der Waals surface area contributed by atoms with Gasteiger partial charge >= 0.3 is 0 Å². The van der Waals surface area contributed by atoms with Crippen LogP contribution in [0.5, 0.6) is 0 Å². The summed E-state index contributed by atoms with van der Waals surface area (Å²) in [5.74, 6) is 1.76. The summed E-state index contributed by atoms with van der Waals surface area (Å²) in [6.45, 7) is 3.55. The van der Waals surface area contributed by atoms with Crippen LogP contribution < -0.4 is 10.2 Å². The molecule has 2 heterocycles. The molecule has 0 unspecified atom stereocenters. The van der Waals surface area contributed by atoms with Gasteiger partial charge in [0.1, 0.15) is 5.82 Å². The number of carbonyl (C=O) groups excluding carboxylic acids is 2. The lowest BCUT2D eigenvalue weighted by Crippen LogP contribution is -2.49. The van der Waals surface area contributed by atoms with Crippen molar-refractivity contribution in [1.82, 2.24) is 15.2 Å². The maximum Gasteiger partial charge on any atom is 0.252 e. The lowest BCUT2D eigenvalue weighted by molar-refractivity contribution is -0.131. The number of nitrogens with zero attached hydrogens (tertiary/aromatic N) is 3. The molecule has 1 aliphatic heterocycles. The van der Waals surface area contributed by atoms with Gasteiger partial charge in [-0.2, -0.15) is 0 Å². The van der Waals surface area contributed by atoms with Gasteiger partial charge in [-0.15, -0.1) is 0 Å². The van der Waals surface area contributed by atoms with Crippen molar-refractivity contribution in [2.24, 2.45) is 5.92 Å². The number of hydrogen-bond acceptors (Lipinski definition) is 4. The number of piperazine rings is 1. The molecule has 1 saturated carbocycles. The summed E-state index contributed by atoms with van der Waals surface area (Å²) in [5.41, 5.74) is 1.64. The van der Waals surface area contributed by atoms with Crippen LogP contribution in [0.25, 0.3) is 0 Å². The molecule has 0 bridgehead atoms. The van der Waals surface area contributed by atoms with Gasteiger partial charge in [-0.3, -0.25) is 9.59 Å². The second kappa shape index (κ2) is 12.2. The molecule has 2 aliphatic rings. The number of hydrogen-bond donors (Lipinski definition) is 1. The van der Waals surface area contributed by atoms with Gasteiger partial charge in [0.05, 0.1) is 5.56 Å². The van der Waals surface area contributed by atoms with E-state index in [4.69, 9.17) is 11.6 Å². The fraction of sp³-hybridized carbons (Fsp3) is 0.519. The average molecular weight is 483 g/mol. The molecular formula is C27H35ClN4O2. The molecule has 2 aromatic rings. The van der Waals surface area contributed by atoms with Crippen LogP contribution in [-0.2, 0) is 11.2 Å². The van der Waals surface area contributed by atoms with Crippen LogP contribution in [0.15, 0.2) is 42.6 Å². The monoisotopic (exact) mass is 482 g/mol. The first-order valence-electron chi connectivity index (χ1n) is 12.6. The maximum absolute atomic E-state index is 12.6. The van der Waals surface area contributed by atoms with Crippen LogP contribution in [0.1, 0.15) is 60.9 Å². The lowest BCUT2D eigenvalue weighted by Gasteiger charge is -2.35. The van der Waals surface area contributed by atoms with Gasteiger partial charge in [0, 0.05) is 50.4 Å². The van der Waals surface area contributed by atoms with Crippen molar-refractivity contribution >= 4 is 29.2 Å². The van der Waals surface area contributed by atoms with Gasteiger partial charge in [0.25, 0.3) is 5.91 Å². The third-order valence-electron chi connectivity index (χ3n) is 7.05. The van der Waals surface area contributed by atoms with Crippen molar-refractivity contribution in [3.8, 4) is 0 Å². The zero-order valence-corrected chi connectivity index (χ0v) is 20.6. The third kappa shape index (κ3) is 6.95. The quantitative estimate of drug-likeness (QED) is 0.591. The van der Waals surface area contributed by atoms with Crippen molar-refractivity contribution in [1.29, 1.82) is 0 Å². The Balaban J connectivity index is 1.19. The van der Waals surface area contributed by atoms with Crippen molar-refractivity contribution in [3.63, 3.8) is 0 Å². The highest BCUT2D eigenvalue weighted by Gasteiger charge is 2.23. The highest BCUT2D eigenvalue weighted by Crippen LogP contribution is 2.27. The SMILES string of the molecule is O=C(NCCc1cccc(Cl)c1)c1ccc(N2CCN(C(=O)CCC3CCCCC3)CC2)nc1. The van der Waals surface area contributed by atoms with Gasteiger partial charge in [0.2, 0.25) is 5.91 Å². The number of pyridine rings is 1. The smallest absolute Gasteiger partial charge is 0.252 e. The summed E-state index contributed by atoms with van der Waals surface area (Å²) >= 11 is 6.01. The van der Waals surface area contributed by atoms with E-state index in [1.165, 1.54) is 32.1 Å². The summed E-state index contributed by atoms with van der Waals surface area (Å²) in [5, 5.41) is 3.64. The molecular weight excluding hydrogens is 448 g/mol. The van der Waals surface area contributed by atoms with Crippen molar-refractivity contribution in [2.45, 2.75) is 51.4 Å². The molecule has 1 saturated heterocycles. The number of halogens is 1. The Morgan fingerprint density at radius 3 is 2.53 bits per heavy atom. The summed E-state index contributed by atoms with van der Waals surface area (Å²) < 4.78 is 0. The minimum absolute atomic E-state index is 0.130. The van der Waals surface area contributed by atoms with E-state index in [0.29, 0.717) is 29.5 Å². The van der Waals surface area contributed by atoms with Crippen molar-refractivity contribution in [2.75, 3.05) is 37.6 Å². The highest BCUT2D eigenvalue weighted by atomic mass is 35.5. The fourth-order valence-corrected chi connectivity index (χ4v) is 5.18. The number of rotatable bonds is 8. The summed E-state index contributed by atoms with van der Waals surface area (Å²) in [6, 6.07) is 11.4. The molecule has 6 nitrogen and oxygen atoms in total. The molecule has 2 fully saturated rings. The van der Waals surface area contributed by atoms with E-state index in [1.807, 2.05) is 41.3 Å². The first kappa shape index (κ1) is 24.5. The standard InChI is InChI=1S/C27H35ClN4O2/c28-24-8-4-7-22(19-24)13-14-29-27(34)23-10-11-25(30-20-23)31-15-17-32(18-16-31)26(33)12-9-21-5-2-1-3-6-21/h4,7-8,10-11,19-21H,1-3,5-6,9,12-18H2,(H,29,34). The Morgan fingerprint density at radius 2 is 1.82 bits per heavy atom. The molecule has 34 heavy (non-hydrogen) atoms. The van der Waals surface area contributed by atoms with Crippen LogP contribution in [0, 0.1) is 5.92 Å². The van der Waals surface area contributed by atoms with Crippen LogP contribution in [0.2, 0.25) is 5.02 Å². The molecule has 1 aromatic heterocycles. The van der Waals surface area contributed by atoms with E-state index in [0.717, 1.165) is 56.3 Å². The first-order chi connectivity index (χ1) is 16.6. The molecule has 1 N–H and O–H groups in total. The fourth-order valence-electron chi connectivity index (χ4n) is 4.97. The molecule has 1 aliphatic carbocycles. The van der Waals surface area contributed by atoms with Gasteiger partial charge in [-0.05, 0) is 48.6 Å². The minimum atomic E-state index is -0.130. The molecule has 7 heteroatoms. The van der Waals surface area contributed by atoms with E-state index >= 15 is 0 Å². The number of carbonyl (C=O) groups is 2. The number of amides is 2. The Morgan fingerprint density at radius 1 is 1.03 bits per heavy atom. The van der Waals surface area contributed by atoms with Gasteiger partial charge in [0.15, 0.2) is 0 Å². The van der Waals surface area contributed by atoms with E-state index in [1.54, 1.807) is 6.20 Å². The van der Waals surface area contributed by atoms with E-state index < -0.39 is 0 Å². The Labute approximate surface area is 207 Å². The topological polar surface area (TPSA) is 65.5 Å². The van der Waals surface area contributed by atoms with Crippen LogP contribution in [0.4, 0.5) is 5.82 Å². The molecule has 4 rings (SSSR count). The van der Waals surface area contributed by atoms with Gasteiger partial charge in [-0.1, -0.05) is 55.8 Å². The molecule has 0 radical (unpaired) electrons. The van der Waals surface area contributed by atoms with Crippen LogP contribution >= 0.6 is 11.6 Å². The van der Waals surface area contributed by atoms with Crippen LogP contribution in [-0.4, -0.2) is 54.4 Å². The van der Waals surface area contributed by atoms with Crippen molar-refractivity contribution in [3.05, 3.63) is 58.7 Å². The van der Waals surface area contributed by atoms with E-state index in [9.17, 15) is 9.59 Å². The summed E-state index contributed by atoms with van der Waals surface area (Å²) in [4.78, 5) is 33.8. The summed E-state index contributed by atoms with van der Waals surface area (Å²) in [6.07, 6.45) is 10.7. The largest absolute Gasteiger partial charge is 0.353 e. The summed E-state index contributed by atoms with van der Waals surface area (Å²) in [7, 11) is 0. The Hall–Kier alpha value is -2.60. The third-order valence-corrected chi connectivity index (χ3v) is 7.28. The molecule has 0 atom stereocenters. The second-order valence-electron chi connectivity index (χ2n) is 9.45. The number of anilines is 1. The minimum Gasteiger partial charge on any atom is -0.353 e. The van der Waals surface area contributed by atoms with Gasteiger partial charge in [-0.25, -0.2) is 4.98 Å². The predicted octanol–water partition coefficient (Wildman–Crippen LogP) is 4.72. The highest BCUT2D eigenvalue weighted by molar-refractivity contribution is 6.30. The molecule has 1 aromatic carbocycles. The van der Waals surface area contributed by atoms with Crippen molar-refractivity contribution < 1.29 is 9.59 Å². The lowest BCUT2D eigenvalue weighted by atomic mass is 9.86. The number of aromatic nitrogens is 1. The maximum atomic E-state index is 12.6. The number of nitrogens with one attached hydrogen (secondary N) is 1. The average Bonchev–Trinajstić information content (AvgIpc) is 2.88. The Bertz CT molecular complexity index is 951. The Kier molecular flexibility index (Phi) is 8.80. The van der Waals surface area contributed by atoms with Gasteiger partial charge < -0.3 is 15.1 Å². The van der Waals surface area contributed by atoms with E-state index in [-0.39, 0.29) is 5.91 Å².